The highest BCUT2D eigenvalue weighted by atomic mass is 16.3. The number of carbonyl (C=O) groups excluding carboxylic acids is 2. The molecule has 136 valence electrons. The molecule has 0 saturated carbocycles. The van der Waals surface area contributed by atoms with Crippen LogP contribution in [0.3, 0.4) is 0 Å². The number of rotatable bonds is 3. The molecule has 1 N–H and O–H groups in total. The number of hydrogen-bond acceptors (Lipinski definition) is 3. The van der Waals surface area contributed by atoms with Crippen LogP contribution >= 0.6 is 0 Å². The number of likely N-dealkylation sites (tertiary alicyclic amines) is 1. The molecule has 0 unspecified atom stereocenters. The van der Waals surface area contributed by atoms with Gasteiger partial charge in [-0.3, -0.25) is 9.59 Å². The molecule has 0 bridgehead atoms. The zero-order valence-electron chi connectivity index (χ0n) is 15.6. The van der Waals surface area contributed by atoms with Crippen molar-refractivity contribution in [2.45, 2.75) is 33.6 Å². The fraction of sp³-hybridized carbons (Fsp3) is 0.364. The lowest BCUT2D eigenvalue weighted by molar-refractivity contribution is 0.0647. The van der Waals surface area contributed by atoms with Crippen LogP contribution in [0, 0.1) is 26.7 Å². The molecule has 1 aliphatic rings. The van der Waals surface area contributed by atoms with E-state index in [1.807, 2.05) is 39.0 Å². The van der Waals surface area contributed by atoms with Gasteiger partial charge in [0.05, 0.1) is 5.56 Å². The summed E-state index contributed by atoms with van der Waals surface area (Å²) in [5.41, 5.74) is 4.22. The molecule has 2 aromatic carbocycles. The Morgan fingerprint density at radius 2 is 1.54 bits per heavy atom. The van der Waals surface area contributed by atoms with Crippen molar-refractivity contribution in [2.75, 3.05) is 13.1 Å². The van der Waals surface area contributed by atoms with E-state index in [2.05, 4.69) is 0 Å². The predicted octanol–water partition coefficient (Wildman–Crippen LogP) is 4.05. The second kappa shape index (κ2) is 7.32. The van der Waals surface area contributed by atoms with Gasteiger partial charge in [0, 0.05) is 24.6 Å². The minimum absolute atomic E-state index is 0.00841. The molecule has 0 radical (unpaired) electrons. The van der Waals surface area contributed by atoms with E-state index in [0.29, 0.717) is 31.5 Å². The number of amides is 1. The summed E-state index contributed by atoms with van der Waals surface area (Å²) in [6.07, 6.45) is 1.31. The molecule has 0 aliphatic carbocycles. The number of nitrogens with zero attached hydrogens (tertiary/aromatic N) is 1. The fourth-order valence-electron chi connectivity index (χ4n) is 3.65. The van der Waals surface area contributed by atoms with Crippen LogP contribution in [0.15, 0.2) is 36.4 Å². The number of hydrogen-bond donors (Lipinski definition) is 1. The predicted molar refractivity (Wildman–Crippen MR) is 102 cm³/mol. The maximum Gasteiger partial charge on any atom is 0.257 e. The van der Waals surface area contributed by atoms with Crippen LogP contribution in [0.25, 0.3) is 0 Å². The molecule has 3 rings (SSSR count). The molecule has 4 heteroatoms. The normalized spacial score (nSPS) is 15.1. The minimum atomic E-state index is -0.163. The Bertz CT molecular complexity index is 848. The van der Waals surface area contributed by atoms with Gasteiger partial charge in [-0.15, -0.1) is 0 Å². The van der Waals surface area contributed by atoms with Gasteiger partial charge in [0.25, 0.3) is 5.91 Å². The van der Waals surface area contributed by atoms with E-state index in [-0.39, 0.29) is 23.4 Å². The maximum atomic E-state index is 12.8. The van der Waals surface area contributed by atoms with E-state index in [1.54, 1.807) is 23.1 Å². The first-order valence-electron chi connectivity index (χ1n) is 9.07. The number of aryl methyl sites for hydroxylation is 3. The van der Waals surface area contributed by atoms with Gasteiger partial charge in [0.15, 0.2) is 5.78 Å². The van der Waals surface area contributed by atoms with Gasteiger partial charge in [-0.1, -0.05) is 35.4 Å². The molecule has 0 aromatic heterocycles. The Labute approximate surface area is 154 Å². The van der Waals surface area contributed by atoms with Crippen molar-refractivity contribution in [3.63, 3.8) is 0 Å². The van der Waals surface area contributed by atoms with E-state index in [1.165, 1.54) is 0 Å². The number of aromatic hydroxyl groups is 1. The van der Waals surface area contributed by atoms with E-state index >= 15 is 0 Å². The van der Waals surface area contributed by atoms with Gasteiger partial charge < -0.3 is 10.0 Å². The second-order valence-electron chi connectivity index (χ2n) is 7.27. The summed E-state index contributed by atoms with van der Waals surface area (Å²) >= 11 is 0. The summed E-state index contributed by atoms with van der Waals surface area (Å²) in [6.45, 7) is 6.96. The van der Waals surface area contributed by atoms with Crippen molar-refractivity contribution in [3.8, 4) is 5.75 Å². The van der Waals surface area contributed by atoms with Gasteiger partial charge in [-0.2, -0.15) is 0 Å². The highest BCUT2D eigenvalue weighted by Gasteiger charge is 2.29. The van der Waals surface area contributed by atoms with Crippen molar-refractivity contribution >= 4 is 11.7 Å². The third kappa shape index (κ3) is 3.64. The van der Waals surface area contributed by atoms with Crippen LogP contribution in [-0.4, -0.2) is 34.8 Å². The first-order chi connectivity index (χ1) is 12.4. The van der Waals surface area contributed by atoms with E-state index in [9.17, 15) is 14.7 Å². The zero-order chi connectivity index (χ0) is 18.8. The van der Waals surface area contributed by atoms with Crippen LogP contribution in [0.4, 0.5) is 0 Å². The molecule has 1 heterocycles. The summed E-state index contributed by atoms with van der Waals surface area (Å²) < 4.78 is 0. The van der Waals surface area contributed by atoms with Crippen LogP contribution in [0.2, 0.25) is 0 Å². The summed E-state index contributed by atoms with van der Waals surface area (Å²) in [7, 11) is 0. The molecule has 2 aromatic rings. The lowest BCUT2D eigenvalue weighted by Crippen LogP contribution is -2.40. The molecule has 0 atom stereocenters. The number of phenols is 1. The van der Waals surface area contributed by atoms with Gasteiger partial charge in [0.1, 0.15) is 5.75 Å². The minimum Gasteiger partial charge on any atom is -0.507 e. The Morgan fingerprint density at radius 1 is 0.923 bits per heavy atom. The van der Waals surface area contributed by atoms with Crippen molar-refractivity contribution in [1.29, 1.82) is 0 Å². The highest BCUT2D eigenvalue weighted by Crippen LogP contribution is 2.27. The molecular weight excluding hydrogens is 326 g/mol. The van der Waals surface area contributed by atoms with Gasteiger partial charge in [0.2, 0.25) is 0 Å². The smallest absolute Gasteiger partial charge is 0.257 e. The molecule has 1 amide bonds. The van der Waals surface area contributed by atoms with E-state index in [4.69, 9.17) is 0 Å². The Kier molecular flexibility index (Phi) is 5.12. The molecule has 1 fully saturated rings. The molecule has 1 aliphatic heterocycles. The number of benzene rings is 2. The molecule has 26 heavy (non-hydrogen) atoms. The Hall–Kier alpha value is -2.62. The average Bonchev–Trinajstić information content (AvgIpc) is 2.63. The summed E-state index contributed by atoms with van der Waals surface area (Å²) in [5.74, 6) is -0.0303. The van der Waals surface area contributed by atoms with E-state index < -0.39 is 0 Å². The first-order valence-corrected chi connectivity index (χ1v) is 9.07. The summed E-state index contributed by atoms with van der Waals surface area (Å²) in [4.78, 5) is 27.3. The molecule has 1 saturated heterocycles. The van der Waals surface area contributed by atoms with Gasteiger partial charge >= 0.3 is 0 Å². The van der Waals surface area contributed by atoms with Crippen LogP contribution < -0.4 is 0 Å². The van der Waals surface area contributed by atoms with Crippen molar-refractivity contribution in [3.05, 3.63) is 64.2 Å². The van der Waals surface area contributed by atoms with Crippen molar-refractivity contribution in [1.82, 2.24) is 4.90 Å². The van der Waals surface area contributed by atoms with Crippen LogP contribution in [0.1, 0.15) is 50.2 Å². The third-order valence-corrected chi connectivity index (χ3v) is 5.18. The van der Waals surface area contributed by atoms with Crippen molar-refractivity contribution in [2.24, 2.45) is 5.92 Å². The SMILES string of the molecule is Cc1ccc(C(=O)C2CCN(C(=O)c3cc(C)ccc3O)CC2)c(C)c1. The summed E-state index contributed by atoms with van der Waals surface area (Å²) in [5, 5.41) is 9.98. The topological polar surface area (TPSA) is 57.6 Å². The first kappa shape index (κ1) is 18.2. The highest BCUT2D eigenvalue weighted by molar-refractivity contribution is 6.00. The Morgan fingerprint density at radius 3 is 2.19 bits per heavy atom. The van der Waals surface area contributed by atoms with Gasteiger partial charge in [-0.25, -0.2) is 0 Å². The average molecular weight is 351 g/mol. The molecule has 0 spiro atoms. The lowest BCUT2D eigenvalue weighted by atomic mass is 9.86. The lowest BCUT2D eigenvalue weighted by Gasteiger charge is -2.31. The third-order valence-electron chi connectivity index (χ3n) is 5.18. The monoisotopic (exact) mass is 351 g/mol. The summed E-state index contributed by atoms with van der Waals surface area (Å²) in [6, 6.07) is 11.0. The largest absolute Gasteiger partial charge is 0.507 e. The fourth-order valence-corrected chi connectivity index (χ4v) is 3.65. The standard InChI is InChI=1S/C22H25NO3/c1-14-4-6-18(16(3)12-14)21(25)17-8-10-23(11-9-17)22(26)19-13-15(2)5-7-20(19)24/h4-7,12-13,17,24H,8-11H2,1-3H3. The van der Waals surface area contributed by atoms with Crippen molar-refractivity contribution < 1.29 is 14.7 Å². The number of carbonyl (C=O) groups is 2. The zero-order valence-corrected chi connectivity index (χ0v) is 15.6. The quantitative estimate of drug-likeness (QED) is 0.849. The molecular formula is C22H25NO3. The number of piperidine rings is 1. The van der Waals surface area contributed by atoms with Gasteiger partial charge in [-0.05, 0) is 51.3 Å². The number of Topliss-reactive ketones (excluding diaryl/α,β-unsaturated/α-hetero) is 1. The number of ketones is 1. The number of phenolic OH excluding ortho intramolecular Hbond substituents is 1. The van der Waals surface area contributed by atoms with Crippen LogP contribution in [0.5, 0.6) is 5.75 Å². The maximum absolute atomic E-state index is 12.8. The van der Waals surface area contributed by atoms with E-state index in [0.717, 1.165) is 22.3 Å². The van der Waals surface area contributed by atoms with Crippen LogP contribution in [-0.2, 0) is 0 Å². The Balaban J connectivity index is 1.68. The molecule has 4 nitrogen and oxygen atoms in total. The second-order valence-corrected chi connectivity index (χ2v) is 7.27.